The van der Waals surface area contributed by atoms with Gasteiger partial charge in [-0.15, -0.1) is 0 Å². The monoisotopic (exact) mass is 350 g/mol. The van der Waals surface area contributed by atoms with Gasteiger partial charge in [0.2, 0.25) is 0 Å². The molecule has 1 aliphatic heterocycles. The van der Waals surface area contributed by atoms with E-state index in [1.165, 1.54) is 23.0 Å². The maximum atomic E-state index is 11.1. The first kappa shape index (κ1) is 13.8. The van der Waals surface area contributed by atoms with Crippen molar-refractivity contribution in [3.05, 3.63) is 0 Å². The molecule has 7 nitrogen and oxygen atoms in total. The standard InChI is InChI=1S/C5H9BIO7P/c6-5-3(9)4(2(1-8)12-5)13-15(10,11)14-7/h2-5,8-9H,1H2,(H,10,11)/t2-,3?,4?,5-/m1/s1. The molecule has 0 spiro atoms. The molecule has 0 amide bonds. The summed E-state index contributed by atoms with van der Waals surface area (Å²) >= 11 is 1.19. The van der Waals surface area contributed by atoms with Crippen molar-refractivity contribution < 1.29 is 31.8 Å². The van der Waals surface area contributed by atoms with Crippen LogP contribution in [-0.2, 0) is 16.7 Å². The lowest BCUT2D eigenvalue weighted by molar-refractivity contribution is -0.00627. The summed E-state index contributed by atoms with van der Waals surface area (Å²) in [5, 5.41) is 18.3. The molecule has 1 rings (SSSR count). The molecule has 0 saturated carbocycles. The van der Waals surface area contributed by atoms with Gasteiger partial charge in [0.25, 0.3) is 0 Å². The zero-order chi connectivity index (χ0) is 11.6. The fourth-order valence-electron chi connectivity index (χ4n) is 1.21. The van der Waals surface area contributed by atoms with Crippen molar-refractivity contribution in [1.29, 1.82) is 0 Å². The van der Waals surface area contributed by atoms with Crippen LogP contribution >= 0.6 is 30.8 Å². The van der Waals surface area contributed by atoms with Gasteiger partial charge in [0, 0.05) is 6.00 Å². The van der Waals surface area contributed by atoms with Gasteiger partial charge in [-0.05, 0) is 0 Å². The summed E-state index contributed by atoms with van der Waals surface area (Å²) in [5.74, 6) is 0. The van der Waals surface area contributed by atoms with E-state index in [9.17, 15) is 9.67 Å². The summed E-state index contributed by atoms with van der Waals surface area (Å²) in [6.45, 7) is -0.489. The quantitative estimate of drug-likeness (QED) is 0.342. The largest absolute Gasteiger partial charge is 0.482 e. The van der Waals surface area contributed by atoms with Crippen molar-refractivity contribution in [1.82, 2.24) is 0 Å². The van der Waals surface area contributed by atoms with Crippen molar-refractivity contribution >= 4 is 38.7 Å². The lowest BCUT2D eigenvalue weighted by Gasteiger charge is -2.20. The molecule has 0 aromatic heterocycles. The van der Waals surface area contributed by atoms with Crippen molar-refractivity contribution in [3.63, 3.8) is 0 Å². The number of halogens is 1. The Morgan fingerprint density at radius 3 is 2.67 bits per heavy atom. The molecule has 2 radical (unpaired) electrons. The molecule has 1 saturated heterocycles. The summed E-state index contributed by atoms with van der Waals surface area (Å²) in [5.41, 5.74) is 0. The van der Waals surface area contributed by atoms with Crippen LogP contribution in [-0.4, -0.2) is 53.9 Å². The molecule has 15 heavy (non-hydrogen) atoms. The number of hydrogen-bond acceptors (Lipinski definition) is 6. The second kappa shape index (κ2) is 5.41. The Morgan fingerprint density at radius 2 is 2.20 bits per heavy atom. The third-order valence-electron chi connectivity index (χ3n) is 1.89. The van der Waals surface area contributed by atoms with E-state index < -0.39 is 38.7 Å². The molecular weight excluding hydrogens is 341 g/mol. The summed E-state index contributed by atoms with van der Waals surface area (Å²) in [6, 6.07) is -1.07. The maximum absolute atomic E-state index is 11.1. The van der Waals surface area contributed by atoms with Crippen LogP contribution in [0.1, 0.15) is 0 Å². The molecule has 3 N–H and O–H groups in total. The van der Waals surface area contributed by atoms with Crippen LogP contribution in [0.3, 0.4) is 0 Å². The van der Waals surface area contributed by atoms with E-state index in [-0.39, 0.29) is 0 Å². The fourth-order valence-corrected chi connectivity index (χ4v) is 2.09. The van der Waals surface area contributed by atoms with E-state index in [0.717, 1.165) is 0 Å². The minimum atomic E-state index is -4.26. The number of hydrogen-bond donors (Lipinski definition) is 3. The second-order valence-corrected chi connectivity index (χ2v) is 5.39. The fraction of sp³-hybridized carbons (Fsp3) is 1.00. The van der Waals surface area contributed by atoms with E-state index in [2.05, 4.69) is 7.38 Å². The van der Waals surface area contributed by atoms with Gasteiger partial charge in [0.15, 0.2) is 0 Å². The SMILES string of the molecule is [B][C@@H]1O[C@H](CO)C(OP(=O)(O)OI)C1O. The molecular formula is C5H9BIO7P. The molecule has 5 atom stereocenters. The van der Waals surface area contributed by atoms with Crippen LogP contribution in [0.2, 0.25) is 0 Å². The van der Waals surface area contributed by atoms with Crippen LogP contribution < -0.4 is 0 Å². The van der Waals surface area contributed by atoms with Crippen LogP contribution in [0.25, 0.3) is 0 Å². The normalized spacial score (nSPS) is 40.3. The minimum Gasteiger partial charge on any atom is -0.394 e. The van der Waals surface area contributed by atoms with E-state index in [0.29, 0.717) is 0 Å². The third kappa shape index (κ3) is 3.37. The van der Waals surface area contributed by atoms with E-state index in [4.69, 9.17) is 22.6 Å². The highest BCUT2D eigenvalue weighted by molar-refractivity contribution is 14.1. The van der Waals surface area contributed by atoms with Gasteiger partial charge in [-0.3, -0.25) is 4.52 Å². The summed E-state index contributed by atoms with van der Waals surface area (Å²) in [6.07, 6.45) is -3.45. The zero-order valence-corrected chi connectivity index (χ0v) is 10.4. The number of aliphatic hydroxyl groups is 2. The summed E-state index contributed by atoms with van der Waals surface area (Å²) < 4.78 is 24.7. The van der Waals surface area contributed by atoms with Gasteiger partial charge in [-0.25, -0.2) is 7.42 Å². The van der Waals surface area contributed by atoms with Crippen molar-refractivity contribution in [2.75, 3.05) is 6.61 Å². The zero-order valence-electron chi connectivity index (χ0n) is 7.39. The predicted molar refractivity (Wildman–Crippen MR) is 57.3 cm³/mol. The van der Waals surface area contributed by atoms with E-state index in [1.807, 2.05) is 0 Å². The van der Waals surface area contributed by atoms with Gasteiger partial charge in [-0.2, -0.15) is 0 Å². The Bertz CT molecular complexity index is 266. The average Bonchev–Trinajstić information content (AvgIpc) is 2.45. The van der Waals surface area contributed by atoms with Crippen molar-refractivity contribution in [2.45, 2.75) is 24.3 Å². The Balaban J connectivity index is 2.70. The highest BCUT2D eigenvalue weighted by atomic mass is 127. The van der Waals surface area contributed by atoms with Crippen LogP contribution in [0.4, 0.5) is 0 Å². The average molecular weight is 350 g/mol. The lowest BCUT2D eigenvalue weighted by Crippen LogP contribution is -2.36. The predicted octanol–water partition coefficient (Wildman–Crippen LogP) is -0.915. The summed E-state index contributed by atoms with van der Waals surface area (Å²) in [4.78, 5) is 9.02. The number of phosphoric acid groups is 1. The Morgan fingerprint density at radius 1 is 1.60 bits per heavy atom. The third-order valence-corrected chi connectivity index (χ3v) is 4.07. The molecule has 0 aromatic rings. The van der Waals surface area contributed by atoms with Gasteiger partial charge in [0.05, 0.1) is 6.61 Å². The second-order valence-electron chi connectivity index (χ2n) is 2.92. The highest BCUT2D eigenvalue weighted by Gasteiger charge is 2.45. The molecule has 3 unspecified atom stereocenters. The van der Waals surface area contributed by atoms with Crippen LogP contribution in [0.15, 0.2) is 0 Å². The van der Waals surface area contributed by atoms with Gasteiger partial charge in [-0.1, -0.05) is 0 Å². The Hall–Kier alpha value is 0.785. The van der Waals surface area contributed by atoms with Gasteiger partial charge >= 0.3 is 7.82 Å². The molecule has 1 heterocycles. The van der Waals surface area contributed by atoms with Crippen LogP contribution in [0.5, 0.6) is 0 Å². The highest BCUT2D eigenvalue weighted by Crippen LogP contribution is 2.48. The molecule has 0 aliphatic carbocycles. The number of aliphatic hydroxyl groups excluding tert-OH is 2. The Kier molecular flexibility index (Phi) is 5.00. The van der Waals surface area contributed by atoms with Crippen molar-refractivity contribution in [3.8, 4) is 0 Å². The molecule has 0 bridgehead atoms. The first-order chi connectivity index (χ1) is 6.91. The first-order valence-corrected chi connectivity index (χ1v) is 6.30. The number of ether oxygens (including phenoxy) is 1. The minimum absolute atomic E-state index is 0.489. The van der Waals surface area contributed by atoms with Crippen molar-refractivity contribution in [2.24, 2.45) is 0 Å². The first-order valence-electron chi connectivity index (χ1n) is 3.93. The number of rotatable bonds is 4. The molecule has 86 valence electrons. The van der Waals surface area contributed by atoms with Gasteiger partial charge < -0.3 is 19.8 Å². The summed E-state index contributed by atoms with van der Waals surface area (Å²) in [7, 11) is 1.06. The molecule has 0 aromatic carbocycles. The topological polar surface area (TPSA) is 105 Å². The maximum Gasteiger partial charge on any atom is 0.482 e. The molecule has 10 heteroatoms. The van der Waals surface area contributed by atoms with E-state index >= 15 is 0 Å². The number of phosphoric ester groups is 1. The van der Waals surface area contributed by atoms with Gasteiger partial charge in [0.1, 0.15) is 49.2 Å². The van der Waals surface area contributed by atoms with E-state index in [1.54, 1.807) is 0 Å². The molecule has 1 fully saturated rings. The Labute approximate surface area is 101 Å². The smallest absolute Gasteiger partial charge is 0.394 e. The van der Waals surface area contributed by atoms with Crippen LogP contribution in [0, 0.1) is 0 Å². The lowest BCUT2D eigenvalue weighted by atomic mass is 9.93. The molecule has 1 aliphatic rings.